The van der Waals surface area contributed by atoms with Gasteiger partial charge in [-0.25, -0.2) is 4.79 Å². The molecule has 1 N–H and O–H groups in total. The fraction of sp³-hybridized carbons (Fsp3) is 0. The summed E-state index contributed by atoms with van der Waals surface area (Å²) in [6, 6.07) is 0. The molecule has 5 heteroatoms. The molecule has 0 aliphatic carbocycles. The van der Waals surface area contributed by atoms with Gasteiger partial charge in [0.15, 0.2) is 0 Å². The minimum absolute atomic E-state index is 0.154. The predicted molar refractivity (Wildman–Crippen MR) is 16.3 cm³/mol. The van der Waals surface area contributed by atoms with Crippen molar-refractivity contribution in [3.63, 3.8) is 0 Å². The minimum atomic E-state index is -1.44. The first-order chi connectivity index (χ1) is 3.31. The minimum Gasteiger partial charge on any atom is -0.361 e. The molecule has 0 unspecified atom stereocenters. The molecule has 0 aromatic rings. The normalized spacial score (nSPS) is 7.00. The highest BCUT2D eigenvalue weighted by Crippen LogP contribution is 1.73. The van der Waals surface area contributed by atoms with Crippen LogP contribution in [0.5, 0.6) is 0 Å². The summed E-state index contributed by atoms with van der Waals surface area (Å²) in [5, 5.41) is 7.33. The molecule has 0 heterocycles. The predicted octanol–water partition coefficient (Wildman–Crippen LogP) is -0.231. The van der Waals surface area contributed by atoms with Gasteiger partial charge in [0.2, 0.25) is 0 Å². The van der Waals surface area contributed by atoms with Crippen LogP contribution in [0.3, 0.4) is 0 Å². The van der Waals surface area contributed by atoms with Gasteiger partial charge in [-0.3, -0.25) is 9.68 Å². The van der Waals surface area contributed by atoms with Crippen LogP contribution in [-0.4, -0.2) is 17.9 Å². The van der Waals surface area contributed by atoms with Gasteiger partial charge in [-0.2, -0.15) is 5.26 Å². The highest BCUT2D eigenvalue weighted by Gasteiger charge is 1.96. The second-order valence-corrected chi connectivity index (χ2v) is 0.555. The smallest absolute Gasteiger partial charge is 0.361 e. The molecule has 0 aromatic heterocycles. The molecule has 0 saturated carbocycles. The van der Waals surface area contributed by atoms with Crippen LogP contribution in [0.1, 0.15) is 0 Å². The Hall–Kier alpha value is -1.10. The monoisotopic (exact) mass is 106 g/mol. The topological polar surface area (TPSA) is 72.8 Å². The number of hydrogen-bond acceptors (Lipinski definition) is 5. The highest BCUT2D eigenvalue weighted by atomic mass is 17.1. The van der Waals surface area contributed by atoms with Gasteiger partial charge >= 0.3 is 12.6 Å². The Morgan fingerprint density at radius 3 is 2.43 bits per heavy atom. The molecule has 0 rings (SSSR count). The third kappa shape index (κ3) is 2.71. The standard InChI is InChI=1S/C2H2O5/c3-1-6-2(4)7-5/h1,5H. The molecule has 0 radical (unpaired) electrons. The first-order valence-corrected chi connectivity index (χ1v) is 1.27. The maximum Gasteiger partial charge on any atom is 0.548 e. The first kappa shape index (κ1) is 5.90. The van der Waals surface area contributed by atoms with E-state index in [1.165, 1.54) is 0 Å². The van der Waals surface area contributed by atoms with Crippen molar-refractivity contribution in [1.82, 2.24) is 0 Å². The largest absolute Gasteiger partial charge is 0.548 e. The van der Waals surface area contributed by atoms with Crippen LogP contribution in [0.25, 0.3) is 0 Å². The molecule has 5 nitrogen and oxygen atoms in total. The van der Waals surface area contributed by atoms with Crippen molar-refractivity contribution in [1.29, 1.82) is 0 Å². The summed E-state index contributed by atoms with van der Waals surface area (Å²) in [4.78, 5) is 21.5. The summed E-state index contributed by atoms with van der Waals surface area (Å²) < 4.78 is 3.40. The van der Waals surface area contributed by atoms with E-state index in [1.54, 1.807) is 0 Å². The van der Waals surface area contributed by atoms with E-state index in [4.69, 9.17) is 10.1 Å². The van der Waals surface area contributed by atoms with E-state index in [-0.39, 0.29) is 6.47 Å². The molecular formula is C2H2O5. The van der Waals surface area contributed by atoms with E-state index >= 15 is 0 Å². The summed E-state index contributed by atoms with van der Waals surface area (Å²) in [5.41, 5.74) is 0. The van der Waals surface area contributed by atoms with Crippen molar-refractivity contribution >= 4 is 12.6 Å². The molecule has 0 saturated heterocycles. The molecule has 0 fully saturated rings. The van der Waals surface area contributed by atoms with E-state index < -0.39 is 6.16 Å². The van der Waals surface area contributed by atoms with E-state index in [1.807, 2.05) is 0 Å². The number of ether oxygens (including phenoxy) is 1. The van der Waals surface area contributed by atoms with E-state index in [9.17, 15) is 4.79 Å². The molecule has 0 aromatic carbocycles. The zero-order valence-corrected chi connectivity index (χ0v) is 3.16. The highest BCUT2D eigenvalue weighted by molar-refractivity contribution is 5.68. The van der Waals surface area contributed by atoms with Crippen molar-refractivity contribution in [2.75, 3.05) is 0 Å². The quantitative estimate of drug-likeness (QED) is 0.164. The fourth-order valence-corrected chi connectivity index (χ4v) is 0.0608. The molecule has 0 aliphatic heterocycles. The maximum absolute atomic E-state index is 9.49. The zero-order valence-electron chi connectivity index (χ0n) is 3.16. The molecule has 0 spiro atoms. The van der Waals surface area contributed by atoms with Crippen molar-refractivity contribution in [3.8, 4) is 0 Å². The SMILES string of the molecule is O=COC(=O)OO. The number of carbonyl (C=O) groups excluding carboxylic acids is 2. The second kappa shape index (κ2) is 3.10. The average molecular weight is 106 g/mol. The number of rotatable bonds is 1. The third-order valence-electron chi connectivity index (χ3n) is 0.219. The van der Waals surface area contributed by atoms with Crippen LogP contribution in [0.2, 0.25) is 0 Å². The molecule has 0 bridgehead atoms. The molecule has 40 valence electrons. The van der Waals surface area contributed by atoms with E-state index in [0.29, 0.717) is 0 Å². The van der Waals surface area contributed by atoms with Gasteiger partial charge < -0.3 is 4.74 Å². The van der Waals surface area contributed by atoms with Crippen LogP contribution < -0.4 is 0 Å². The lowest BCUT2D eigenvalue weighted by molar-refractivity contribution is -0.199. The van der Waals surface area contributed by atoms with Crippen molar-refractivity contribution in [2.24, 2.45) is 0 Å². The van der Waals surface area contributed by atoms with Crippen molar-refractivity contribution in [2.45, 2.75) is 0 Å². The van der Waals surface area contributed by atoms with Gasteiger partial charge in [0.05, 0.1) is 0 Å². The summed E-state index contributed by atoms with van der Waals surface area (Å²) in [6.45, 7) is -0.154. The number of hydrogen-bond donors (Lipinski definition) is 1. The van der Waals surface area contributed by atoms with Gasteiger partial charge in [0.1, 0.15) is 0 Å². The third-order valence-corrected chi connectivity index (χ3v) is 0.219. The van der Waals surface area contributed by atoms with Gasteiger partial charge in [-0.1, -0.05) is 0 Å². The Balaban J connectivity index is 3.17. The fourth-order valence-electron chi connectivity index (χ4n) is 0.0608. The van der Waals surface area contributed by atoms with Crippen LogP contribution >= 0.6 is 0 Å². The molecule has 0 aliphatic rings. The van der Waals surface area contributed by atoms with E-state index in [2.05, 4.69) is 9.62 Å². The second-order valence-electron chi connectivity index (χ2n) is 0.555. The van der Waals surface area contributed by atoms with Crippen LogP contribution in [0.15, 0.2) is 0 Å². The molecule has 7 heavy (non-hydrogen) atoms. The van der Waals surface area contributed by atoms with Crippen LogP contribution in [0, 0.1) is 0 Å². The lowest BCUT2D eigenvalue weighted by atomic mass is 11.3. The maximum atomic E-state index is 9.49. The first-order valence-electron chi connectivity index (χ1n) is 1.27. The van der Waals surface area contributed by atoms with Crippen molar-refractivity contribution in [3.05, 3.63) is 0 Å². The zero-order chi connectivity index (χ0) is 5.70. The van der Waals surface area contributed by atoms with Gasteiger partial charge in [-0.05, 0) is 0 Å². The molecular weight excluding hydrogens is 104 g/mol. The van der Waals surface area contributed by atoms with Crippen LogP contribution in [0.4, 0.5) is 4.79 Å². The van der Waals surface area contributed by atoms with Crippen LogP contribution in [-0.2, 0) is 14.4 Å². The summed E-state index contributed by atoms with van der Waals surface area (Å²) >= 11 is 0. The lowest BCUT2D eigenvalue weighted by Crippen LogP contribution is -2.01. The summed E-state index contributed by atoms with van der Waals surface area (Å²) in [6.07, 6.45) is -1.44. The molecule has 0 atom stereocenters. The number of carbonyl (C=O) groups is 2. The Morgan fingerprint density at radius 1 is 1.71 bits per heavy atom. The van der Waals surface area contributed by atoms with Gasteiger partial charge in [-0.15, -0.1) is 0 Å². The molecule has 0 amide bonds. The Bertz CT molecular complexity index is 76.1. The summed E-state index contributed by atoms with van der Waals surface area (Å²) in [5.74, 6) is 0. The van der Waals surface area contributed by atoms with Crippen molar-refractivity contribution < 1.29 is 24.5 Å². The Morgan fingerprint density at radius 2 is 2.29 bits per heavy atom. The Labute approximate surface area is 38.4 Å². The Kier molecular flexibility index (Phi) is 2.62. The lowest BCUT2D eigenvalue weighted by Gasteiger charge is -1.84. The summed E-state index contributed by atoms with van der Waals surface area (Å²) in [7, 11) is 0. The van der Waals surface area contributed by atoms with Gasteiger partial charge in [0, 0.05) is 0 Å². The van der Waals surface area contributed by atoms with Gasteiger partial charge in [0.25, 0.3) is 0 Å². The average Bonchev–Trinajstić information content (AvgIpc) is 1.68. The van der Waals surface area contributed by atoms with E-state index in [0.717, 1.165) is 0 Å².